The molecule has 278 valence electrons. The summed E-state index contributed by atoms with van der Waals surface area (Å²) in [7, 11) is 0. The van der Waals surface area contributed by atoms with Crippen molar-refractivity contribution in [1.82, 2.24) is 0 Å². The van der Waals surface area contributed by atoms with Gasteiger partial charge in [0.15, 0.2) is 6.10 Å². The molecule has 0 aliphatic carbocycles. The van der Waals surface area contributed by atoms with E-state index in [2.05, 4.69) is 62.5 Å². The zero-order valence-electron chi connectivity index (χ0n) is 31.5. The highest BCUT2D eigenvalue weighted by molar-refractivity contribution is 5.70. The van der Waals surface area contributed by atoms with Crippen LogP contribution in [0.4, 0.5) is 0 Å². The van der Waals surface area contributed by atoms with Crippen LogP contribution in [0.5, 0.6) is 0 Å². The van der Waals surface area contributed by atoms with Gasteiger partial charge in [0, 0.05) is 12.8 Å². The number of aliphatic hydroxyl groups excluding tert-OH is 1. The van der Waals surface area contributed by atoms with E-state index in [1.807, 2.05) is 0 Å². The number of aliphatic hydroxyl groups is 1. The van der Waals surface area contributed by atoms with Crippen LogP contribution in [-0.4, -0.2) is 36.4 Å². The van der Waals surface area contributed by atoms with Crippen molar-refractivity contribution in [2.75, 3.05) is 13.2 Å². The summed E-state index contributed by atoms with van der Waals surface area (Å²) in [5.41, 5.74) is 0. The number of hydrogen-bond donors (Lipinski definition) is 1. The molecule has 0 aromatic carbocycles. The first kappa shape index (κ1) is 45.9. The first-order valence-corrected chi connectivity index (χ1v) is 20.2. The lowest BCUT2D eigenvalue weighted by atomic mass is 10.1. The normalized spacial score (nSPS) is 12.6. The first-order chi connectivity index (χ1) is 23.6. The van der Waals surface area contributed by atoms with Crippen LogP contribution in [0.15, 0.2) is 48.6 Å². The van der Waals surface area contributed by atoms with E-state index in [4.69, 9.17) is 9.47 Å². The zero-order valence-corrected chi connectivity index (χ0v) is 31.5. The smallest absolute Gasteiger partial charge is 0.306 e. The van der Waals surface area contributed by atoms with Crippen LogP contribution in [0.3, 0.4) is 0 Å². The number of rotatable bonds is 36. The van der Waals surface area contributed by atoms with Crippen molar-refractivity contribution in [2.24, 2.45) is 0 Å². The van der Waals surface area contributed by atoms with E-state index in [0.29, 0.717) is 12.8 Å². The number of esters is 2. The Kier molecular flexibility index (Phi) is 37.5. The lowest BCUT2D eigenvalue weighted by molar-refractivity contribution is -0.161. The molecule has 0 aromatic rings. The van der Waals surface area contributed by atoms with Gasteiger partial charge in [0.05, 0.1) is 6.61 Å². The zero-order chi connectivity index (χ0) is 35.0. The highest BCUT2D eigenvalue weighted by atomic mass is 16.6. The van der Waals surface area contributed by atoms with Crippen LogP contribution in [-0.2, 0) is 19.1 Å². The average molecular weight is 673 g/mol. The largest absolute Gasteiger partial charge is 0.462 e. The third-order valence-electron chi connectivity index (χ3n) is 8.60. The maximum absolute atomic E-state index is 12.1. The fourth-order valence-electron chi connectivity index (χ4n) is 5.51. The molecule has 0 heterocycles. The molecule has 0 unspecified atom stereocenters. The highest BCUT2D eigenvalue weighted by Crippen LogP contribution is 2.12. The van der Waals surface area contributed by atoms with Crippen molar-refractivity contribution < 1.29 is 24.2 Å². The van der Waals surface area contributed by atoms with Crippen molar-refractivity contribution >= 4 is 11.9 Å². The lowest BCUT2D eigenvalue weighted by Crippen LogP contribution is -2.28. The Morgan fingerprint density at radius 1 is 0.479 bits per heavy atom. The summed E-state index contributed by atoms with van der Waals surface area (Å²) in [6.45, 7) is 4.08. The van der Waals surface area contributed by atoms with Crippen LogP contribution in [0, 0.1) is 0 Å². The first-order valence-electron chi connectivity index (χ1n) is 20.2. The molecule has 0 fully saturated rings. The molecule has 1 N–H and O–H groups in total. The van der Waals surface area contributed by atoms with E-state index in [1.165, 1.54) is 122 Å². The van der Waals surface area contributed by atoms with Gasteiger partial charge in [-0.1, -0.05) is 159 Å². The van der Waals surface area contributed by atoms with E-state index in [0.717, 1.165) is 38.5 Å². The Morgan fingerprint density at radius 3 is 1.33 bits per heavy atom. The third kappa shape index (κ3) is 36.7. The fourth-order valence-corrected chi connectivity index (χ4v) is 5.51. The van der Waals surface area contributed by atoms with Crippen molar-refractivity contribution in [3.63, 3.8) is 0 Å². The molecule has 0 amide bonds. The van der Waals surface area contributed by atoms with Crippen LogP contribution in [0.2, 0.25) is 0 Å². The second-order valence-electron chi connectivity index (χ2n) is 13.4. The maximum atomic E-state index is 12.1. The average Bonchev–Trinajstić information content (AvgIpc) is 3.09. The molecule has 0 spiro atoms. The van der Waals surface area contributed by atoms with Crippen molar-refractivity contribution in [3.05, 3.63) is 48.6 Å². The molecule has 0 saturated carbocycles. The second kappa shape index (κ2) is 39.3. The van der Waals surface area contributed by atoms with Crippen molar-refractivity contribution in [1.29, 1.82) is 0 Å². The van der Waals surface area contributed by atoms with Crippen molar-refractivity contribution in [3.8, 4) is 0 Å². The van der Waals surface area contributed by atoms with Crippen molar-refractivity contribution in [2.45, 2.75) is 200 Å². The topological polar surface area (TPSA) is 72.8 Å². The number of unbranched alkanes of at least 4 members (excludes halogenated alkanes) is 20. The third-order valence-corrected chi connectivity index (χ3v) is 8.60. The SMILES string of the molecule is CCCCCCCCC=CCC=CCC=CCCCC(=O)O[C@@H](CO)COC(=O)CCCCCCCCCC=CCCCCCCCC. The van der Waals surface area contributed by atoms with Crippen LogP contribution in [0.1, 0.15) is 194 Å². The molecule has 1 atom stereocenters. The number of allylic oxidation sites excluding steroid dienone is 8. The minimum absolute atomic E-state index is 0.0883. The molecular formula is C43H76O5. The number of hydrogen-bond acceptors (Lipinski definition) is 5. The molecule has 0 saturated heterocycles. The van der Waals surface area contributed by atoms with E-state index in [9.17, 15) is 14.7 Å². The number of ether oxygens (including phenoxy) is 2. The molecule has 5 nitrogen and oxygen atoms in total. The standard InChI is InChI=1S/C43H76O5/c1-3-5-7-9-11-13-15-17-19-21-23-25-27-29-31-33-35-37-42(45)47-40-41(39-44)48-43(46)38-36-34-32-30-28-26-24-22-20-18-16-14-12-10-8-6-4-2/h17-20,24,26,30,32,41,44H,3-16,21-23,25,27-29,31,33-40H2,1-2H3/t41-/m0/s1. The predicted octanol–water partition coefficient (Wildman–Crippen LogP) is 12.6. The van der Waals surface area contributed by atoms with Gasteiger partial charge < -0.3 is 14.6 Å². The van der Waals surface area contributed by atoms with Crippen LogP contribution in [0.25, 0.3) is 0 Å². The predicted molar refractivity (Wildman–Crippen MR) is 205 cm³/mol. The van der Waals surface area contributed by atoms with Gasteiger partial charge in [0.1, 0.15) is 6.61 Å². The Morgan fingerprint density at radius 2 is 0.854 bits per heavy atom. The fraction of sp³-hybridized carbons (Fsp3) is 0.767. The van der Waals surface area contributed by atoms with E-state index in [-0.39, 0.29) is 31.6 Å². The molecule has 0 bridgehead atoms. The molecule has 0 rings (SSSR count). The summed E-state index contributed by atoms with van der Waals surface area (Å²) >= 11 is 0. The summed E-state index contributed by atoms with van der Waals surface area (Å²) in [6.07, 6.45) is 48.9. The van der Waals surface area contributed by atoms with E-state index < -0.39 is 6.10 Å². The summed E-state index contributed by atoms with van der Waals surface area (Å²) in [4.78, 5) is 24.2. The molecule has 0 aliphatic rings. The molecule has 48 heavy (non-hydrogen) atoms. The highest BCUT2D eigenvalue weighted by Gasteiger charge is 2.15. The Balaban J connectivity index is 3.64. The quantitative estimate of drug-likeness (QED) is 0.0407. The van der Waals surface area contributed by atoms with Gasteiger partial charge in [-0.3, -0.25) is 9.59 Å². The van der Waals surface area contributed by atoms with Gasteiger partial charge in [-0.2, -0.15) is 0 Å². The Labute approximate surface area is 297 Å². The van der Waals surface area contributed by atoms with Gasteiger partial charge in [0.25, 0.3) is 0 Å². The summed E-state index contributed by atoms with van der Waals surface area (Å²) in [5.74, 6) is -0.657. The molecule has 0 aliphatic heterocycles. The monoisotopic (exact) mass is 673 g/mol. The van der Waals surface area contributed by atoms with Gasteiger partial charge in [-0.15, -0.1) is 0 Å². The van der Waals surface area contributed by atoms with E-state index in [1.54, 1.807) is 0 Å². The maximum Gasteiger partial charge on any atom is 0.306 e. The van der Waals surface area contributed by atoms with Crippen LogP contribution < -0.4 is 0 Å². The molecular weight excluding hydrogens is 596 g/mol. The van der Waals surface area contributed by atoms with Gasteiger partial charge in [-0.05, 0) is 70.6 Å². The molecule has 0 aromatic heterocycles. The summed E-state index contributed by atoms with van der Waals surface area (Å²) < 4.78 is 10.6. The Hall–Kier alpha value is -2.14. The summed E-state index contributed by atoms with van der Waals surface area (Å²) in [5, 5.41) is 9.55. The van der Waals surface area contributed by atoms with Crippen LogP contribution >= 0.6 is 0 Å². The lowest BCUT2D eigenvalue weighted by Gasteiger charge is -2.15. The minimum Gasteiger partial charge on any atom is -0.462 e. The molecule has 5 heteroatoms. The number of carbonyl (C=O) groups excluding carboxylic acids is 2. The van der Waals surface area contributed by atoms with Gasteiger partial charge >= 0.3 is 11.9 Å². The summed E-state index contributed by atoms with van der Waals surface area (Å²) in [6, 6.07) is 0. The Bertz CT molecular complexity index is 812. The number of carbonyl (C=O) groups is 2. The minimum atomic E-state index is -0.799. The van der Waals surface area contributed by atoms with Gasteiger partial charge in [-0.25, -0.2) is 0 Å². The molecule has 0 radical (unpaired) electrons. The second-order valence-corrected chi connectivity index (χ2v) is 13.4. The van der Waals surface area contributed by atoms with Gasteiger partial charge in [0.2, 0.25) is 0 Å². The van der Waals surface area contributed by atoms with E-state index >= 15 is 0 Å².